The third-order valence-corrected chi connectivity index (χ3v) is 5.50. The average molecular weight is 387 g/mol. The van der Waals surface area contributed by atoms with E-state index in [2.05, 4.69) is 75.3 Å². The van der Waals surface area contributed by atoms with Crippen molar-refractivity contribution in [2.24, 2.45) is 0 Å². The van der Waals surface area contributed by atoms with Gasteiger partial charge in [0.25, 0.3) is 0 Å². The second-order valence-corrected chi connectivity index (χ2v) is 7.29. The molecule has 1 aliphatic carbocycles. The van der Waals surface area contributed by atoms with Gasteiger partial charge in [-0.15, -0.1) is 0 Å². The fraction of sp³-hybridized carbons (Fsp3) is 0. The van der Waals surface area contributed by atoms with E-state index >= 15 is 0 Å². The molecule has 30 heavy (non-hydrogen) atoms. The summed E-state index contributed by atoms with van der Waals surface area (Å²) in [5, 5.41) is 1.95. The highest BCUT2D eigenvalue weighted by atomic mass is 15.1. The van der Waals surface area contributed by atoms with Gasteiger partial charge in [0.05, 0.1) is 16.6 Å². The number of hydrogen-bond donors (Lipinski definition) is 1. The molecule has 0 spiro atoms. The average Bonchev–Trinajstić information content (AvgIpc) is 3.13. The van der Waals surface area contributed by atoms with Crippen molar-refractivity contribution < 1.29 is 0 Å². The zero-order valence-electron chi connectivity index (χ0n) is 16.0. The Morgan fingerprint density at radius 2 is 1.70 bits per heavy atom. The van der Waals surface area contributed by atoms with Gasteiger partial charge < -0.3 is 10.3 Å². The molecule has 142 valence electrons. The van der Waals surface area contributed by atoms with Crippen molar-refractivity contribution in [2.45, 2.75) is 0 Å². The van der Waals surface area contributed by atoms with E-state index in [0.717, 1.165) is 50.0 Å². The van der Waals surface area contributed by atoms with E-state index in [1.165, 1.54) is 6.33 Å². The minimum atomic E-state index is 0.476. The molecule has 6 rings (SSSR count). The van der Waals surface area contributed by atoms with Crippen molar-refractivity contribution in [3.8, 4) is 22.4 Å². The SMILES string of the molecule is Nc1ncnc2c1c(-c1ccc3ccc(-c4ccccc4)nc3c1)cn2C1=CC=C1. The molecule has 0 saturated carbocycles. The van der Waals surface area contributed by atoms with E-state index in [-0.39, 0.29) is 0 Å². The predicted octanol–water partition coefficient (Wildman–Crippen LogP) is 5.31. The predicted molar refractivity (Wildman–Crippen MR) is 122 cm³/mol. The number of allylic oxidation sites excluding steroid dienone is 4. The first-order chi connectivity index (χ1) is 14.8. The molecule has 0 saturated heterocycles. The van der Waals surface area contributed by atoms with Crippen LogP contribution in [0.25, 0.3) is 50.0 Å². The van der Waals surface area contributed by atoms with Gasteiger partial charge in [0.1, 0.15) is 12.1 Å². The lowest BCUT2D eigenvalue weighted by atomic mass is 10.0. The van der Waals surface area contributed by atoms with Crippen LogP contribution >= 0.6 is 0 Å². The number of benzene rings is 2. The molecule has 0 bridgehead atoms. The first-order valence-electron chi connectivity index (χ1n) is 9.75. The van der Waals surface area contributed by atoms with E-state index in [1.807, 2.05) is 24.3 Å². The molecular weight excluding hydrogens is 370 g/mol. The number of pyridine rings is 1. The van der Waals surface area contributed by atoms with Crippen molar-refractivity contribution in [2.75, 3.05) is 5.73 Å². The van der Waals surface area contributed by atoms with E-state index in [9.17, 15) is 0 Å². The summed E-state index contributed by atoms with van der Waals surface area (Å²) in [4.78, 5) is 13.6. The van der Waals surface area contributed by atoms with Crippen LogP contribution in [0.5, 0.6) is 0 Å². The van der Waals surface area contributed by atoms with E-state index in [1.54, 1.807) is 0 Å². The molecule has 0 fully saturated rings. The normalized spacial score (nSPS) is 12.9. The van der Waals surface area contributed by atoms with Gasteiger partial charge in [-0.2, -0.15) is 0 Å². The molecule has 0 atom stereocenters. The number of nitrogens with zero attached hydrogens (tertiary/aromatic N) is 4. The summed E-state index contributed by atoms with van der Waals surface area (Å²) >= 11 is 0. The Morgan fingerprint density at radius 1 is 0.867 bits per heavy atom. The van der Waals surface area contributed by atoms with Crippen LogP contribution in [0.4, 0.5) is 5.82 Å². The Hall–Kier alpha value is -4.25. The molecule has 5 heteroatoms. The minimum absolute atomic E-state index is 0.476. The highest BCUT2D eigenvalue weighted by molar-refractivity contribution is 6.03. The Kier molecular flexibility index (Phi) is 3.55. The van der Waals surface area contributed by atoms with Crippen LogP contribution in [-0.4, -0.2) is 19.5 Å². The number of fused-ring (bicyclic) bond motifs is 2. The monoisotopic (exact) mass is 387 g/mol. The van der Waals surface area contributed by atoms with Crippen molar-refractivity contribution >= 4 is 33.5 Å². The van der Waals surface area contributed by atoms with E-state index in [4.69, 9.17) is 10.7 Å². The fourth-order valence-corrected chi connectivity index (χ4v) is 3.90. The largest absolute Gasteiger partial charge is 0.383 e. The molecule has 5 nitrogen and oxygen atoms in total. The summed E-state index contributed by atoms with van der Waals surface area (Å²) < 4.78 is 2.06. The highest BCUT2D eigenvalue weighted by Crippen LogP contribution is 2.36. The summed E-state index contributed by atoms with van der Waals surface area (Å²) in [5.74, 6) is 0.476. The van der Waals surface area contributed by atoms with Crippen LogP contribution in [0.1, 0.15) is 0 Å². The lowest BCUT2D eigenvalue weighted by Gasteiger charge is -2.09. The van der Waals surface area contributed by atoms with Gasteiger partial charge in [-0.25, -0.2) is 15.0 Å². The number of hydrogen-bond acceptors (Lipinski definition) is 4. The third-order valence-electron chi connectivity index (χ3n) is 5.50. The molecule has 3 heterocycles. The molecule has 2 aromatic carbocycles. The highest BCUT2D eigenvalue weighted by Gasteiger charge is 2.17. The maximum absolute atomic E-state index is 6.26. The van der Waals surface area contributed by atoms with Crippen LogP contribution in [0.2, 0.25) is 0 Å². The van der Waals surface area contributed by atoms with Gasteiger partial charge in [0, 0.05) is 28.4 Å². The summed E-state index contributed by atoms with van der Waals surface area (Å²) in [6, 6.07) is 20.7. The van der Waals surface area contributed by atoms with Crippen molar-refractivity contribution in [1.82, 2.24) is 19.5 Å². The molecule has 5 aromatic rings. The maximum atomic E-state index is 6.26. The third kappa shape index (κ3) is 2.53. The molecular formula is C25H17N5. The summed E-state index contributed by atoms with van der Waals surface area (Å²) in [5.41, 5.74) is 13.2. The van der Waals surface area contributed by atoms with Gasteiger partial charge >= 0.3 is 0 Å². The summed E-state index contributed by atoms with van der Waals surface area (Å²) in [6.45, 7) is 0. The van der Waals surface area contributed by atoms with Gasteiger partial charge in [0.2, 0.25) is 0 Å². The van der Waals surface area contributed by atoms with Crippen molar-refractivity contribution in [3.63, 3.8) is 0 Å². The first-order valence-corrected chi connectivity index (χ1v) is 9.75. The van der Waals surface area contributed by atoms with Crippen LogP contribution < -0.4 is 5.73 Å². The van der Waals surface area contributed by atoms with Crippen molar-refractivity contribution in [1.29, 1.82) is 0 Å². The topological polar surface area (TPSA) is 69.6 Å². The molecule has 3 aromatic heterocycles. The van der Waals surface area contributed by atoms with Crippen molar-refractivity contribution in [3.05, 3.63) is 91.4 Å². The molecule has 1 aliphatic rings. The molecule has 0 unspecified atom stereocenters. The van der Waals surface area contributed by atoms with Gasteiger partial charge in [0.15, 0.2) is 5.65 Å². The second-order valence-electron chi connectivity index (χ2n) is 7.29. The number of rotatable bonds is 3. The number of nitrogens with two attached hydrogens (primary N) is 1. The number of nitrogen functional groups attached to an aromatic ring is 1. The smallest absolute Gasteiger partial charge is 0.150 e. The molecule has 0 aliphatic heterocycles. The Morgan fingerprint density at radius 3 is 2.50 bits per heavy atom. The van der Waals surface area contributed by atoms with Crippen LogP contribution in [0.3, 0.4) is 0 Å². The van der Waals surface area contributed by atoms with Gasteiger partial charge in [-0.05, 0) is 29.8 Å². The van der Waals surface area contributed by atoms with Gasteiger partial charge in [-0.3, -0.25) is 0 Å². The standard InChI is InChI=1S/C25H17N5/c26-24-23-20(14-30(19-7-4-8-19)25(23)28-15-27-24)18-10-9-17-11-12-21(29-22(17)13-18)16-5-2-1-3-6-16/h1-15H,(H2,26,27,28). The Bertz CT molecular complexity index is 1490. The lowest BCUT2D eigenvalue weighted by molar-refractivity contribution is 1.10. The first kappa shape index (κ1) is 16.7. The number of aromatic nitrogens is 4. The van der Waals surface area contributed by atoms with Crippen LogP contribution in [0.15, 0.2) is 91.4 Å². The zero-order chi connectivity index (χ0) is 20.1. The Labute approximate surface area is 172 Å². The zero-order valence-corrected chi connectivity index (χ0v) is 16.0. The fourth-order valence-electron chi connectivity index (χ4n) is 3.90. The van der Waals surface area contributed by atoms with E-state index < -0.39 is 0 Å². The Balaban J connectivity index is 1.55. The quantitative estimate of drug-likeness (QED) is 0.456. The summed E-state index contributed by atoms with van der Waals surface area (Å²) in [6.07, 6.45) is 9.70. The molecule has 0 amide bonds. The summed E-state index contributed by atoms with van der Waals surface area (Å²) in [7, 11) is 0. The van der Waals surface area contributed by atoms with E-state index in [0.29, 0.717) is 5.82 Å². The second kappa shape index (κ2) is 6.39. The maximum Gasteiger partial charge on any atom is 0.150 e. The lowest BCUT2D eigenvalue weighted by Crippen LogP contribution is -1.99. The minimum Gasteiger partial charge on any atom is -0.383 e. The van der Waals surface area contributed by atoms with Crippen LogP contribution in [0, 0.1) is 0 Å². The number of anilines is 1. The van der Waals surface area contributed by atoms with Crippen LogP contribution in [-0.2, 0) is 0 Å². The van der Waals surface area contributed by atoms with Gasteiger partial charge in [-0.1, -0.05) is 54.6 Å². The molecule has 0 radical (unpaired) electrons. The molecule has 2 N–H and O–H groups in total.